The van der Waals surface area contributed by atoms with Gasteiger partial charge in [0, 0.05) is 39.6 Å². The molecule has 1 N–H and O–H groups in total. The third-order valence-corrected chi connectivity index (χ3v) is 10.1. The molecule has 0 saturated carbocycles. The molecule has 7 nitrogen and oxygen atoms in total. The number of sulfonamides is 1. The van der Waals surface area contributed by atoms with E-state index >= 15 is 0 Å². The number of carbonyl (C=O) groups excluding carboxylic acids is 2. The molecule has 45 heavy (non-hydrogen) atoms. The van der Waals surface area contributed by atoms with Crippen molar-refractivity contribution in [1.29, 1.82) is 0 Å². The van der Waals surface area contributed by atoms with Crippen LogP contribution >= 0.6 is 34.8 Å². The van der Waals surface area contributed by atoms with Crippen molar-refractivity contribution in [3.05, 3.63) is 129 Å². The van der Waals surface area contributed by atoms with Crippen LogP contribution in [-0.2, 0) is 32.6 Å². The third kappa shape index (κ3) is 8.79. The lowest BCUT2D eigenvalue weighted by molar-refractivity contribution is -0.140. The van der Waals surface area contributed by atoms with E-state index in [-0.39, 0.29) is 35.5 Å². The fourth-order valence-corrected chi connectivity index (χ4v) is 6.78. The first-order valence-corrected chi connectivity index (χ1v) is 17.0. The molecule has 236 valence electrons. The van der Waals surface area contributed by atoms with Crippen molar-refractivity contribution in [2.75, 3.05) is 10.8 Å². The summed E-state index contributed by atoms with van der Waals surface area (Å²) in [6.07, 6.45) is 0.844. The maximum atomic E-state index is 14.5. The fourth-order valence-electron chi connectivity index (χ4n) is 4.70. The highest BCUT2D eigenvalue weighted by atomic mass is 35.5. The van der Waals surface area contributed by atoms with E-state index < -0.39 is 28.5 Å². The maximum absolute atomic E-state index is 14.5. The number of halogens is 3. The summed E-state index contributed by atoms with van der Waals surface area (Å²) in [4.78, 5) is 29.8. The zero-order chi connectivity index (χ0) is 32.6. The third-order valence-electron chi connectivity index (χ3n) is 7.39. The number of hydrogen-bond acceptors (Lipinski definition) is 4. The summed E-state index contributed by atoms with van der Waals surface area (Å²) >= 11 is 19.2. The molecule has 0 saturated heterocycles. The Hall–Kier alpha value is -3.56. The Morgan fingerprint density at radius 2 is 1.38 bits per heavy atom. The van der Waals surface area contributed by atoms with Gasteiger partial charge in [-0.3, -0.25) is 13.9 Å². The fraction of sp³-hybridized carbons (Fsp3) is 0.235. The lowest BCUT2D eigenvalue weighted by Crippen LogP contribution is -2.54. The van der Waals surface area contributed by atoms with E-state index in [0.29, 0.717) is 27.1 Å². The number of amides is 2. The zero-order valence-corrected chi connectivity index (χ0v) is 28.0. The van der Waals surface area contributed by atoms with Gasteiger partial charge in [-0.2, -0.15) is 0 Å². The van der Waals surface area contributed by atoms with Crippen molar-refractivity contribution in [1.82, 2.24) is 10.2 Å². The van der Waals surface area contributed by atoms with Crippen LogP contribution in [0.3, 0.4) is 0 Å². The molecule has 0 bridgehead atoms. The van der Waals surface area contributed by atoms with E-state index in [1.54, 1.807) is 48.5 Å². The van der Waals surface area contributed by atoms with Crippen molar-refractivity contribution in [3.63, 3.8) is 0 Å². The monoisotopic (exact) mass is 685 g/mol. The molecule has 0 aliphatic carbocycles. The minimum Gasteiger partial charge on any atom is -0.352 e. The smallest absolute Gasteiger partial charge is 0.264 e. The standard InChI is InChI=1S/C34H34Cl3N3O4S/c1-3-24(2)38-34(42)32(21-25-11-6-4-7-12-25)39(22-29-30(36)15-10-16-31(29)37)33(41)23-40(27-19-17-26(35)18-20-27)45(43,44)28-13-8-5-9-14-28/h4-20,24,32H,3,21-23H2,1-2H3,(H,38,42)/t24-,32+/m1/s1. The molecule has 2 atom stereocenters. The van der Waals surface area contributed by atoms with Gasteiger partial charge in [0.05, 0.1) is 10.6 Å². The maximum Gasteiger partial charge on any atom is 0.264 e. The van der Waals surface area contributed by atoms with Gasteiger partial charge in [-0.15, -0.1) is 0 Å². The normalized spacial score (nSPS) is 12.6. The van der Waals surface area contributed by atoms with Crippen LogP contribution in [0.1, 0.15) is 31.4 Å². The van der Waals surface area contributed by atoms with Crippen LogP contribution < -0.4 is 9.62 Å². The van der Waals surface area contributed by atoms with E-state index in [0.717, 1.165) is 9.87 Å². The van der Waals surface area contributed by atoms with Crippen molar-refractivity contribution < 1.29 is 18.0 Å². The van der Waals surface area contributed by atoms with Gasteiger partial charge in [0.1, 0.15) is 12.6 Å². The number of nitrogens with one attached hydrogen (secondary N) is 1. The van der Waals surface area contributed by atoms with Crippen LogP contribution in [0.25, 0.3) is 0 Å². The molecule has 0 unspecified atom stereocenters. The minimum absolute atomic E-state index is 0.00352. The quantitative estimate of drug-likeness (QED) is 0.159. The van der Waals surface area contributed by atoms with Gasteiger partial charge < -0.3 is 10.2 Å². The summed E-state index contributed by atoms with van der Waals surface area (Å²) in [5.41, 5.74) is 1.49. The summed E-state index contributed by atoms with van der Waals surface area (Å²) in [6.45, 7) is 3.08. The van der Waals surface area contributed by atoms with Gasteiger partial charge in [0.2, 0.25) is 11.8 Å². The number of nitrogens with zero attached hydrogens (tertiary/aromatic N) is 2. The van der Waals surface area contributed by atoms with Crippen LogP contribution in [0, 0.1) is 0 Å². The molecule has 4 aromatic carbocycles. The van der Waals surface area contributed by atoms with E-state index in [2.05, 4.69) is 5.32 Å². The first-order valence-electron chi connectivity index (χ1n) is 14.4. The van der Waals surface area contributed by atoms with E-state index in [1.807, 2.05) is 44.2 Å². The van der Waals surface area contributed by atoms with E-state index in [9.17, 15) is 18.0 Å². The number of carbonyl (C=O) groups is 2. The molecule has 0 aliphatic rings. The van der Waals surface area contributed by atoms with Crippen LogP contribution in [0.2, 0.25) is 15.1 Å². The number of rotatable bonds is 13. The van der Waals surface area contributed by atoms with Gasteiger partial charge in [0.15, 0.2) is 0 Å². The Morgan fingerprint density at radius 1 is 0.800 bits per heavy atom. The highest BCUT2D eigenvalue weighted by Gasteiger charge is 2.35. The lowest BCUT2D eigenvalue weighted by Gasteiger charge is -2.34. The highest BCUT2D eigenvalue weighted by molar-refractivity contribution is 7.92. The number of anilines is 1. The molecule has 0 fully saturated rings. The van der Waals surface area contributed by atoms with Gasteiger partial charge >= 0.3 is 0 Å². The summed E-state index contributed by atoms with van der Waals surface area (Å²) in [5, 5.41) is 4.03. The Bertz CT molecular complexity index is 1690. The molecule has 0 aromatic heterocycles. The second-order valence-electron chi connectivity index (χ2n) is 10.5. The zero-order valence-electron chi connectivity index (χ0n) is 24.9. The van der Waals surface area contributed by atoms with Crippen LogP contribution in [0.15, 0.2) is 108 Å². The number of hydrogen-bond donors (Lipinski definition) is 1. The number of benzene rings is 4. The summed E-state index contributed by atoms with van der Waals surface area (Å²) in [5.74, 6) is -1.01. The Balaban J connectivity index is 1.83. The van der Waals surface area contributed by atoms with Gasteiger partial charge in [0.25, 0.3) is 10.0 Å². The Kier molecular flexibility index (Phi) is 11.9. The first kappa shape index (κ1) is 34.3. The predicted octanol–water partition coefficient (Wildman–Crippen LogP) is 7.40. The molecule has 0 heterocycles. The molecule has 2 amide bonds. The molecule has 4 rings (SSSR count). The van der Waals surface area contributed by atoms with Crippen LogP contribution in [0.4, 0.5) is 5.69 Å². The molecule has 11 heteroatoms. The summed E-state index contributed by atoms with van der Waals surface area (Å²) < 4.78 is 29.1. The van der Waals surface area contributed by atoms with Gasteiger partial charge in [-0.05, 0) is 67.4 Å². The summed E-state index contributed by atoms with van der Waals surface area (Å²) in [7, 11) is -4.22. The molecule has 0 aliphatic heterocycles. The van der Waals surface area contributed by atoms with E-state index in [4.69, 9.17) is 34.8 Å². The summed E-state index contributed by atoms with van der Waals surface area (Å²) in [6, 6.07) is 27.1. The van der Waals surface area contributed by atoms with Crippen molar-refractivity contribution >= 4 is 62.3 Å². The predicted molar refractivity (Wildman–Crippen MR) is 181 cm³/mol. The minimum atomic E-state index is -4.22. The average Bonchev–Trinajstić information content (AvgIpc) is 3.04. The Morgan fingerprint density at radius 3 is 1.96 bits per heavy atom. The largest absolute Gasteiger partial charge is 0.352 e. The highest BCUT2D eigenvalue weighted by Crippen LogP contribution is 2.29. The van der Waals surface area contributed by atoms with Crippen molar-refractivity contribution in [3.8, 4) is 0 Å². The SMILES string of the molecule is CC[C@@H](C)NC(=O)[C@H](Cc1ccccc1)N(Cc1c(Cl)cccc1Cl)C(=O)CN(c1ccc(Cl)cc1)S(=O)(=O)c1ccccc1. The second-order valence-corrected chi connectivity index (χ2v) is 13.7. The second kappa shape index (κ2) is 15.6. The Labute approximate surface area is 279 Å². The van der Waals surface area contributed by atoms with Gasteiger partial charge in [-0.25, -0.2) is 8.42 Å². The molecular weight excluding hydrogens is 653 g/mol. The van der Waals surface area contributed by atoms with Crippen molar-refractivity contribution in [2.24, 2.45) is 0 Å². The van der Waals surface area contributed by atoms with E-state index in [1.165, 1.54) is 29.2 Å². The van der Waals surface area contributed by atoms with Crippen LogP contribution in [0.5, 0.6) is 0 Å². The lowest BCUT2D eigenvalue weighted by atomic mass is 10.0. The van der Waals surface area contributed by atoms with Crippen molar-refractivity contribution in [2.45, 2.75) is 50.2 Å². The average molecular weight is 687 g/mol. The molecule has 0 radical (unpaired) electrons. The first-order chi connectivity index (χ1) is 21.5. The topological polar surface area (TPSA) is 86.8 Å². The molecular formula is C34H34Cl3N3O4S. The van der Waals surface area contributed by atoms with Gasteiger partial charge in [-0.1, -0.05) is 96.3 Å². The van der Waals surface area contributed by atoms with Crippen LogP contribution in [-0.4, -0.2) is 43.8 Å². The molecule has 4 aromatic rings. The molecule has 0 spiro atoms.